The fourth-order valence-electron chi connectivity index (χ4n) is 1.59. The van der Waals surface area contributed by atoms with Crippen molar-refractivity contribution in [2.24, 2.45) is 0 Å². The summed E-state index contributed by atoms with van der Waals surface area (Å²) in [6, 6.07) is 4.94. The molecule has 0 N–H and O–H groups in total. The Morgan fingerprint density at radius 2 is 2.00 bits per heavy atom. The summed E-state index contributed by atoms with van der Waals surface area (Å²) in [5.74, 6) is -0.0821. The highest BCUT2D eigenvalue weighted by atomic mass is 79.9. The van der Waals surface area contributed by atoms with Crippen LogP contribution in [0, 0.1) is 0 Å². The van der Waals surface area contributed by atoms with Crippen LogP contribution in [0.1, 0.15) is 29.6 Å². The summed E-state index contributed by atoms with van der Waals surface area (Å²) < 4.78 is 0. The lowest BCUT2D eigenvalue weighted by Crippen LogP contribution is -2.28. The van der Waals surface area contributed by atoms with Crippen LogP contribution < -0.4 is 0 Å². The Hall–Kier alpha value is -0.250. The van der Waals surface area contributed by atoms with Crippen LogP contribution in [0.5, 0.6) is 0 Å². The Morgan fingerprint density at radius 3 is 2.67 bits per heavy atom. The lowest BCUT2D eigenvalue weighted by atomic mass is 10.2. The third-order valence-electron chi connectivity index (χ3n) is 2.63. The summed E-state index contributed by atoms with van der Waals surface area (Å²) in [4.78, 5) is 13.8. The lowest BCUT2D eigenvalue weighted by molar-refractivity contribution is 0.0793. The van der Waals surface area contributed by atoms with Crippen molar-refractivity contribution in [3.63, 3.8) is 0 Å². The summed E-state index contributed by atoms with van der Waals surface area (Å²) in [7, 11) is 1.79. The van der Waals surface area contributed by atoms with E-state index in [1.807, 2.05) is 0 Å². The highest BCUT2D eigenvalue weighted by Gasteiger charge is 2.15. The molecule has 0 bridgehead atoms. The molecule has 1 rings (SSSR count). The second-order valence-corrected chi connectivity index (χ2v) is 5.74. The van der Waals surface area contributed by atoms with Crippen LogP contribution in [0.4, 0.5) is 0 Å². The van der Waals surface area contributed by atoms with Gasteiger partial charge in [0.1, 0.15) is 0 Å². The highest BCUT2D eigenvalue weighted by Crippen LogP contribution is 2.21. The van der Waals surface area contributed by atoms with Gasteiger partial charge in [0.25, 0.3) is 5.91 Å². The van der Waals surface area contributed by atoms with E-state index in [1.165, 1.54) is 0 Å². The monoisotopic (exact) mass is 351 g/mol. The Morgan fingerprint density at radius 1 is 1.28 bits per heavy atom. The molecule has 0 unspecified atom stereocenters. The highest BCUT2D eigenvalue weighted by molar-refractivity contribution is 9.09. The number of carbonyl (C=O) groups excluding carboxylic acids is 1. The molecule has 5 heteroatoms. The molecule has 18 heavy (non-hydrogen) atoms. The van der Waals surface area contributed by atoms with Gasteiger partial charge in [0.15, 0.2) is 0 Å². The van der Waals surface area contributed by atoms with Crippen LogP contribution in [0.25, 0.3) is 0 Å². The van der Waals surface area contributed by atoms with Crippen molar-refractivity contribution in [3.8, 4) is 0 Å². The Balaban J connectivity index is 2.60. The number of hydrogen-bond acceptors (Lipinski definition) is 1. The zero-order valence-corrected chi connectivity index (χ0v) is 13.4. The second-order valence-electron chi connectivity index (χ2n) is 4.10. The molecule has 0 spiro atoms. The Kier molecular flexibility index (Phi) is 7.05. The number of halogens is 3. The zero-order valence-electron chi connectivity index (χ0n) is 10.3. The van der Waals surface area contributed by atoms with Crippen LogP contribution in [-0.2, 0) is 0 Å². The number of nitrogens with zero attached hydrogens (tertiary/aromatic N) is 1. The zero-order chi connectivity index (χ0) is 13.5. The normalized spacial score (nSPS) is 10.4. The molecule has 0 fully saturated rings. The number of amides is 1. The molecule has 1 amide bonds. The van der Waals surface area contributed by atoms with Crippen molar-refractivity contribution in [1.82, 2.24) is 4.90 Å². The number of benzene rings is 1. The maximum absolute atomic E-state index is 12.2. The predicted molar refractivity (Wildman–Crippen MR) is 81.1 cm³/mol. The van der Waals surface area contributed by atoms with Crippen LogP contribution in [-0.4, -0.2) is 29.7 Å². The molecule has 100 valence electrons. The first-order valence-electron chi connectivity index (χ1n) is 5.82. The van der Waals surface area contributed by atoms with Gasteiger partial charge in [-0.05, 0) is 31.0 Å². The van der Waals surface area contributed by atoms with Crippen LogP contribution in [0.15, 0.2) is 18.2 Å². The minimum Gasteiger partial charge on any atom is -0.342 e. The minimum atomic E-state index is -0.0821. The first kappa shape index (κ1) is 15.8. The van der Waals surface area contributed by atoms with Crippen molar-refractivity contribution in [2.75, 3.05) is 18.9 Å². The van der Waals surface area contributed by atoms with Crippen LogP contribution in [0.2, 0.25) is 10.0 Å². The first-order valence-corrected chi connectivity index (χ1v) is 7.70. The first-order chi connectivity index (χ1) is 8.56. The standard InChI is InChI=1S/C13H16BrCl2NO/c1-17(8-4-2-3-7-14)13(18)11-9-10(15)5-6-12(11)16/h5-6,9H,2-4,7-8H2,1H3. The summed E-state index contributed by atoms with van der Waals surface area (Å²) in [6.45, 7) is 0.731. The SMILES string of the molecule is CN(CCCCCBr)C(=O)c1cc(Cl)ccc1Cl. The predicted octanol–water partition coefficient (Wildman–Crippen LogP) is 4.63. The van der Waals surface area contributed by atoms with E-state index in [0.717, 1.165) is 31.1 Å². The molecule has 2 nitrogen and oxygen atoms in total. The molecule has 0 heterocycles. The van der Waals surface area contributed by atoms with E-state index in [9.17, 15) is 4.79 Å². The number of alkyl halides is 1. The van der Waals surface area contributed by atoms with E-state index in [2.05, 4.69) is 15.9 Å². The number of rotatable bonds is 6. The molecule has 0 aliphatic rings. The average molecular weight is 353 g/mol. The van der Waals surface area contributed by atoms with Gasteiger partial charge in [-0.15, -0.1) is 0 Å². The fraction of sp³-hybridized carbons (Fsp3) is 0.462. The molecule has 0 aromatic heterocycles. The van der Waals surface area contributed by atoms with Gasteiger partial charge >= 0.3 is 0 Å². The van der Waals surface area contributed by atoms with E-state index in [0.29, 0.717) is 15.6 Å². The van der Waals surface area contributed by atoms with Crippen LogP contribution in [0.3, 0.4) is 0 Å². The van der Waals surface area contributed by atoms with Gasteiger partial charge in [-0.2, -0.15) is 0 Å². The van der Waals surface area contributed by atoms with E-state index in [1.54, 1.807) is 30.1 Å². The average Bonchev–Trinajstić information content (AvgIpc) is 2.36. The molecule has 0 aliphatic heterocycles. The second kappa shape index (κ2) is 8.03. The van der Waals surface area contributed by atoms with E-state index < -0.39 is 0 Å². The van der Waals surface area contributed by atoms with E-state index >= 15 is 0 Å². The summed E-state index contributed by atoms with van der Waals surface area (Å²) in [5.41, 5.74) is 0.465. The summed E-state index contributed by atoms with van der Waals surface area (Å²) in [5, 5.41) is 1.97. The van der Waals surface area contributed by atoms with Crippen molar-refractivity contribution < 1.29 is 4.79 Å². The van der Waals surface area contributed by atoms with Gasteiger partial charge < -0.3 is 4.90 Å². The lowest BCUT2D eigenvalue weighted by Gasteiger charge is -2.17. The largest absolute Gasteiger partial charge is 0.342 e. The van der Waals surface area contributed by atoms with Gasteiger partial charge in [0.2, 0.25) is 0 Å². The third-order valence-corrected chi connectivity index (χ3v) is 3.76. The van der Waals surface area contributed by atoms with E-state index in [4.69, 9.17) is 23.2 Å². The van der Waals surface area contributed by atoms with Crippen molar-refractivity contribution in [3.05, 3.63) is 33.8 Å². The molecule has 0 aliphatic carbocycles. The van der Waals surface area contributed by atoms with Crippen molar-refractivity contribution in [1.29, 1.82) is 0 Å². The minimum absolute atomic E-state index is 0.0821. The Bertz CT molecular complexity index is 412. The van der Waals surface area contributed by atoms with Gasteiger partial charge in [-0.3, -0.25) is 4.79 Å². The third kappa shape index (κ3) is 4.79. The molecule has 0 saturated heterocycles. The summed E-state index contributed by atoms with van der Waals surface area (Å²) in [6.07, 6.45) is 3.22. The number of carbonyl (C=O) groups is 1. The van der Waals surface area contributed by atoms with Gasteiger partial charge in [0, 0.05) is 23.9 Å². The number of unbranched alkanes of at least 4 members (excludes halogenated alkanes) is 2. The van der Waals surface area contributed by atoms with Gasteiger partial charge in [-0.25, -0.2) is 0 Å². The summed E-state index contributed by atoms with van der Waals surface area (Å²) >= 11 is 15.3. The Labute approximate surface area is 126 Å². The van der Waals surface area contributed by atoms with Gasteiger partial charge in [0.05, 0.1) is 10.6 Å². The van der Waals surface area contributed by atoms with Gasteiger partial charge in [-0.1, -0.05) is 45.6 Å². The fourth-order valence-corrected chi connectivity index (χ4v) is 2.36. The van der Waals surface area contributed by atoms with E-state index in [-0.39, 0.29) is 5.91 Å². The topological polar surface area (TPSA) is 20.3 Å². The molecular formula is C13H16BrCl2NO. The van der Waals surface area contributed by atoms with Crippen LogP contribution >= 0.6 is 39.1 Å². The molecule has 0 radical (unpaired) electrons. The molecule has 1 aromatic carbocycles. The maximum Gasteiger partial charge on any atom is 0.255 e. The van der Waals surface area contributed by atoms with Crippen molar-refractivity contribution >= 4 is 45.0 Å². The maximum atomic E-state index is 12.2. The smallest absolute Gasteiger partial charge is 0.255 e. The number of hydrogen-bond donors (Lipinski definition) is 0. The molecule has 1 aromatic rings. The molecule has 0 saturated carbocycles. The quantitative estimate of drug-likeness (QED) is 0.539. The molecular weight excluding hydrogens is 337 g/mol. The van der Waals surface area contributed by atoms with Crippen molar-refractivity contribution in [2.45, 2.75) is 19.3 Å². The molecule has 0 atom stereocenters.